The standard InChI is InChI=1S/C14H23N3O/c1-7-18-10-8-9(2)15-12(16-10)17-11-13(3,4)14(11,5)6/h8,11H,7H2,1-6H3,(H,15,16,17). The maximum Gasteiger partial charge on any atom is 0.226 e. The van der Waals surface area contributed by atoms with Crippen molar-refractivity contribution in [3.8, 4) is 5.88 Å². The lowest BCUT2D eigenvalue weighted by molar-refractivity contribution is 0.326. The third-order valence-electron chi connectivity index (χ3n) is 4.42. The quantitative estimate of drug-likeness (QED) is 0.891. The fraction of sp³-hybridized carbons (Fsp3) is 0.714. The molecule has 100 valence electrons. The summed E-state index contributed by atoms with van der Waals surface area (Å²) >= 11 is 0. The highest BCUT2D eigenvalue weighted by Gasteiger charge is 2.65. The number of ether oxygens (including phenoxy) is 1. The van der Waals surface area contributed by atoms with E-state index in [-0.39, 0.29) is 10.8 Å². The number of hydrogen-bond acceptors (Lipinski definition) is 4. The second-order valence-corrected chi connectivity index (χ2v) is 6.12. The van der Waals surface area contributed by atoms with Gasteiger partial charge in [-0.1, -0.05) is 27.7 Å². The Labute approximate surface area is 109 Å². The molecule has 0 atom stereocenters. The van der Waals surface area contributed by atoms with E-state index in [9.17, 15) is 0 Å². The molecule has 1 N–H and O–H groups in total. The van der Waals surface area contributed by atoms with Crippen molar-refractivity contribution in [3.05, 3.63) is 11.8 Å². The van der Waals surface area contributed by atoms with Crippen LogP contribution in [-0.4, -0.2) is 22.6 Å². The molecule has 0 radical (unpaired) electrons. The first-order chi connectivity index (χ1) is 8.29. The summed E-state index contributed by atoms with van der Waals surface area (Å²) in [4.78, 5) is 8.82. The van der Waals surface area contributed by atoms with Crippen LogP contribution in [0.15, 0.2) is 6.07 Å². The molecule has 1 aromatic heterocycles. The van der Waals surface area contributed by atoms with Gasteiger partial charge < -0.3 is 10.1 Å². The van der Waals surface area contributed by atoms with Gasteiger partial charge in [0.25, 0.3) is 0 Å². The van der Waals surface area contributed by atoms with Gasteiger partial charge in [-0.05, 0) is 24.7 Å². The van der Waals surface area contributed by atoms with Crippen LogP contribution >= 0.6 is 0 Å². The summed E-state index contributed by atoms with van der Waals surface area (Å²) in [5.41, 5.74) is 1.46. The summed E-state index contributed by atoms with van der Waals surface area (Å²) in [6.45, 7) is 13.6. The van der Waals surface area contributed by atoms with Gasteiger partial charge in [-0.3, -0.25) is 0 Å². The van der Waals surface area contributed by atoms with E-state index in [2.05, 4.69) is 43.0 Å². The number of aromatic nitrogens is 2. The van der Waals surface area contributed by atoms with Gasteiger partial charge in [-0.25, -0.2) is 4.98 Å². The molecule has 1 aromatic rings. The zero-order valence-electron chi connectivity index (χ0n) is 12.2. The second-order valence-electron chi connectivity index (χ2n) is 6.12. The van der Waals surface area contributed by atoms with Crippen LogP contribution in [0.4, 0.5) is 5.95 Å². The van der Waals surface area contributed by atoms with Crippen LogP contribution in [-0.2, 0) is 0 Å². The summed E-state index contributed by atoms with van der Waals surface area (Å²) in [6, 6.07) is 2.26. The van der Waals surface area contributed by atoms with E-state index in [4.69, 9.17) is 4.74 Å². The van der Waals surface area contributed by atoms with Gasteiger partial charge in [0.15, 0.2) is 0 Å². The van der Waals surface area contributed by atoms with Gasteiger partial charge >= 0.3 is 0 Å². The summed E-state index contributed by atoms with van der Waals surface area (Å²) in [5.74, 6) is 1.31. The van der Waals surface area contributed by atoms with E-state index < -0.39 is 0 Å². The molecule has 1 heterocycles. The van der Waals surface area contributed by atoms with Crippen LogP contribution < -0.4 is 10.1 Å². The molecule has 4 nitrogen and oxygen atoms in total. The fourth-order valence-electron chi connectivity index (χ4n) is 2.51. The average molecular weight is 249 g/mol. The van der Waals surface area contributed by atoms with Crippen LogP contribution in [0.25, 0.3) is 0 Å². The number of nitrogens with one attached hydrogen (secondary N) is 1. The van der Waals surface area contributed by atoms with Crippen molar-refractivity contribution in [1.82, 2.24) is 9.97 Å². The second kappa shape index (κ2) is 4.11. The van der Waals surface area contributed by atoms with E-state index >= 15 is 0 Å². The Morgan fingerprint density at radius 3 is 2.33 bits per heavy atom. The first-order valence-corrected chi connectivity index (χ1v) is 6.54. The average Bonchev–Trinajstić information content (AvgIpc) is 2.60. The highest BCUT2D eigenvalue weighted by atomic mass is 16.5. The zero-order chi connectivity index (χ0) is 13.6. The van der Waals surface area contributed by atoms with Crippen molar-refractivity contribution in [3.63, 3.8) is 0 Å². The van der Waals surface area contributed by atoms with Crippen LogP contribution in [0, 0.1) is 17.8 Å². The van der Waals surface area contributed by atoms with Crippen molar-refractivity contribution < 1.29 is 4.74 Å². The highest BCUT2D eigenvalue weighted by Crippen LogP contribution is 2.63. The molecule has 0 aromatic carbocycles. The van der Waals surface area contributed by atoms with Crippen molar-refractivity contribution in [1.29, 1.82) is 0 Å². The summed E-state index contributed by atoms with van der Waals surface area (Å²) < 4.78 is 5.44. The Morgan fingerprint density at radius 2 is 1.83 bits per heavy atom. The predicted octanol–water partition coefficient (Wildman–Crippen LogP) is 3.03. The molecule has 0 aliphatic heterocycles. The Morgan fingerprint density at radius 1 is 1.22 bits per heavy atom. The molecule has 0 bridgehead atoms. The van der Waals surface area contributed by atoms with Crippen molar-refractivity contribution >= 4 is 5.95 Å². The lowest BCUT2D eigenvalue weighted by atomic mass is 10.0. The number of hydrogen-bond donors (Lipinski definition) is 1. The molecule has 1 aliphatic carbocycles. The molecule has 2 rings (SSSR count). The van der Waals surface area contributed by atoms with Gasteiger partial charge in [-0.2, -0.15) is 4.98 Å². The van der Waals surface area contributed by atoms with E-state index in [0.717, 1.165) is 5.69 Å². The smallest absolute Gasteiger partial charge is 0.226 e. The van der Waals surface area contributed by atoms with Gasteiger partial charge in [0.05, 0.1) is 6.61 Å². The largest absolute Gasteiger partial charge is 0.478 e. The third kappa shape index (κ3) is 2.04. The van der Waals surface area contributed by atoms with Crippen molar-refractivity contribution in [2.24, 2.45) is 10.8 Å². The number of rotatable bonds is 4. The van der Waals surface area contributed by atoms with E-state index in [1.165, 1.54) is 0 Å². The van der Waals surface area contributed by atoms with Crippen molar-refractivity contribution in [2.75, 3.05) is 11.9 Å². The van der Waals surface area contributed by atoms with E-state index in [1.54, 1.807) is 0 Å². The Balaban J connectivity index is 2.16. The number of aryl methyl sites for hydroxylation is 1. The predicted molar refractivity (Wildman–Crippen MR) is 72.9 cm³/mol. The molecule has 0 spiro atoms. The van der Waals surface area contributed by atoms with E-state index in [0.29, 0.717) is 24.5 Å². The molecule has 1 aliphatic rings. The normalized spacial score (nSPS) is 20.6. The van der Waals surface area contributed by atoms with Gasteiger partial charge in [0.1, 0.15) is 0 Å². The lowest BCUT2D eigenvalue weighted by Crippen LogP contribution is -2.13. The first-order valence-electron chi connectivity index (χ1n) is 6.54. The van der Waals surface area contributed by atoms with Crippen molar-refractivity contribution in [2.45, 2.75) is 47.6 Å². The number of anilines is 1. The zero-order valence-corrected chi connectivity index (χ0v) is 12.2. The molecule has 0 unspecified atom stereocenters. The highest BCUT2D eigenvalue weighted by molar-refractivity contribution is 5.38. The van der Waals surface area contributed by atoms with Crippen LogP contribution in [0.5, 0.6) is 5.88 Å². The maximum atomic E-state index is 5.44. The Hall–Kier alpha value is -1.32. The lowest BCUT2D eigenvalue weighted by Gasteiger charge is -2.09. The minimum Gasteiger partial charge on any atom is -0.478 e. The molecular weight excluding hydrogens is 226 g/mol. The minimum absolute atomic E-state index is 0.270. The monoisotopic (exact) mass is 249 g/mol. The molecule has 18 heavy (non-hydrogen) atoms. The SMILES string of the molecule is CCOc1cc(C)nc(NC2C(C)(C)C2(C)C)n1. The minimum atomic E-state index is 0.270. The Kier molecular flexibility index (Phi) is 2.99. The molecule has 0 amide bonds. The summed E-state index contributed by atoms with van der Waals surface area (Å²) in [5, 5.41) is 3.43. The summed E-state index contributed by atoms with van der Waals surface area (Å²) in [6.07, 6.45) is 0. The molecule has 0 saturated heterocycles. The topological polar surface area (TPSA) is 47.0 Å². The van der Waals surface area contributed by atoms with Crippen LogP contribution in [0.3, 0.4) is 0 Å². The van der Waals surface area contributed by atoms with E-state index in [1.807, 2.05) is 19.9 Å². The number of nitrogens with zero attached hydrogens (tertiary/aromatic N) is 2. The summed E-state index contributed by atoms with van der Waals surface area (Å²) in [7, 11) is 0. The van der Waals surface area contributed by atoms with Crippen LogP contribution in [0.1, 0.15) is 40.3 Å². The molecule has 4 heteroatoms. The third-order valence-corrected chi connectivity index (χ3v) is 4.42. The first kappa shape index (κ1) is 13.1. The van der Waals surface area contributed by atoms with Gasteiger partial charge in [0, 0.05) is 17.8 Å². The van der Waals surface area contributed by atoms with Gasteiger partial charge in [0.2, 0.25) is 11.8 Å². The molecular formula is C14H23N3O. The Bertz CT molecular complexity index is 440. The van der Waals surface area contributed by atoms with Crippen LogP contribution in [0.2, 0.25) is 0 Å². The molecule has 1 fully saturated rings. The molecule has 1 saturated carbocycles. The maximum absolute atomic E-state index is 5.44. The fourth-order valence-corrected chi connectivity index (χ4v) is 2.51. The van der Waals surface area contributed by atoms with Gasteiger partial charge in [-0.15, -0.1) is 0 Å².